The summed E-state index contributed by atoms with van der Waals surface area (Å²) in [6.07, 6.45) is 0.640. The van der Waals surface area contributed by atoms with E-state index in [1.807, 2.05) is 69.3 Å². The Labute approximate surface area is 192 Å². The number of carbonyl (C=O) groups excluding carboxylic acids is 1. The predicted molar refractivity (Wildman–Crippen MR) is 128 cm³/mol. The normalized spacial score (nSPS) is 10.8. The summed E-state index contributed by atoms with van der Waals surface area (Å²) in [5.74, 6) is 0.682. The molecule has 1 N–H and O–H groups in total. The van der Waals surface area contributed by atoms with Gasteiger partial charge in [-0.05, 0) is 75.2 Å². The Morgan fingerprint density at radius 2 is 1.73 bits per heavy atom. The van der Waals surface area contributed by atoms with Crippen molar-refractivity contribution >= 4 is 11.6 Å². The number of anilines is 1. The van der Waals surface area contributed by atoms with Gasteiger partial charge in [0.2, 0.25) is 11.8 Å². The fraction of sp³-hybridized carbons (Fsp3) is 0.185. The number of benzene rings is 3. The Morgan fingerprint density at radius 3 is 2.45 bits per heavy atom. The van der Waals surface area contributed by atoms with Crippen molar-refractivity contribution in [3.63, 3.8) is 0 Å². The Morgan fingerprint density at radius 1 is 0.970 bits per heavy atom. The van der Waals surface area contributed by atoms with Crippen LogP contribution in [0.25, 0.3) is 5.69 Å². The van der Waals surface area contributed by atoms with Gasteiger partial charge in [-0.1, -0.05) is 35.9 Å². The minimum atomic E-state index is -0.392. The third-order valence-corrected chi connectivity index (χ3v) is 5.33. The lowest BCUT2D eigenvalue weighted by atomic mass is 10.1. The molecule has 3 aromatic carbocycles. The summed E-state index contributed by atoms with van der Waals surface area (Å²) in [6, 6.07) is 21.7. The summed E-state index contributed by atoms with van der Waals surface area (Å²) in [5, 5.41) is 7.47. The number of rotatable bonds is 7. The fourth-order valence-corrected chi connectivity index (χ4v) is 3.61. The summed E-state index contributed by atoms with van der Waals surface area (Å²) < 4.78 is 21.5. The molecule has 0 saturated carbocycles. The molecule has 0 fully saturated rings. The smallest absolute Gasteiger partial charge is 0.226 e. The van der Waals surface area contributed by atoms with E-state index in [9.17, 15) is 9.18 Å². The van der Waals surface area contributed by atoms with Crippen LogP contribution < -0.4 is 10.1 Å². The highest BCUT2D eigenvalue weighted by atomic mass is 19.1. The summed E-state index contributed by atoms with van der Waals surface area (Å²) in [7, 11) is 0. The maximum atomic E-state index is 13.4. The molecular weight excluding hydrogens is 417 g/mol. The molecule has 1 aromatic heterocycles. The molecular formula is C27H26FN3O2. The van der Waals surface area contributed by atoms with Gasteiger partial charge in [0.05, 0.1) is 11.4 Å². The number of aryl methyl sites for hydroxylation is 3. The van der Waals surface area contributed by atoms with E-state index < -0.39 is 5.82 Å². The van der Waals surface area contributed by atoms with E-state index in [2.05, 4.69) is 5.32 Å². The first-order valence-electron chi connectivity index (χ1n) is 10.8. The molecule has 4 rings (SSSR count). The third kappa shape index (κ3) is 5.47. The molecule has 0 atom stereocenters. The highest BCUT2D eigenvalue weighted by Gasteiger charge is 2.20. The van der Waals surface area contributed by atoms with Gasteiger partial charge < -0.3 is 10.1 Å². The standard InChI is InChI=1S/C27H26FN3O2/c1-18-10-12-24(13-11-18)33-27-25(14-15-26(32)29-22-8-5-7-21(28)17-22)20(3)30-31(27)23-9-4-6-19(2)16-23/h4-13,16-17H,14-15H2,1-3H3,(H,29,32). The number of hydrogen-bond donors (Lipinski definition) is 1. The summed E-state index contributed by atoms with van der Waals surface area (Å²) in [6.45, 7) is 5.96. The second-order valence-corrected chi connectivity index (χ2v) is 8.09. The number of hydrogen-bond acceptors (Lipinski definition) is 3. The van der Waals surface area contributed by atoms with Crippen molar-refractivity contribution in [3.8, 4) is 17.3 Å². The molecule has 0 bridgehead atoms. The zero-order valence-electron chi connectivity index (χ0n) is 18.9. The van der Waals surface area contributed by atoms with E-state index in [1.165, 1.54) is 12.1 Å². The largest absolute Gasteiger partial charge is 0.439 e. The van der Waals surface area contributed by atoms with Crippen LogP contribution in [0.4, 0.5) is 10.1 Å². The van der Waals surface area contributed by atoms with Crippen LogP contribution in [0.1, 0.15) is 28.8 Å². The second kappa shape index (κ2) is 9.69. The molecule has 0 unspecified atom stereocenters. The van der Waals surface area contributed by atoms with E-state index in [0.29, 0.717) is 23.7 Å². The molecule has 4 aromatic rings. The van der Waals surface area contributed by atoms with Gasteiger partial charge in [-0.25, -0.2) is 9.07 Å². The Hall–Kier alpha value is -3.93. The number of ether oxygens (including phenoxy) is 1. The van der Waals surface area contributed by atoms with Crippen molar-refractivity contribution in [2.75, 3.05) is 5.32 Å². The Kier molecular flexibility index (Phi) is 6.54. The van der Waals surface area contributed by atoms with Gasteiger partial charge >= 0.3 is 0 Å². The van der Waals surface area contributed by atoms with Crippen LogP contribution in [0.5, 0.6) is 11.6 Å². The number of nitrogens with one attached hydrogen (secondary N) is 1. The maximum absolute atomic E-state index is 13.4. The van der Waals surface area contributed by atoms with E-state index in [4.69, 9.17) is 9.84 Å². The molecule has 0 aliphatic carbocycles. The lowest BCUT2D eigenvalue weighted by molar-refractivity contribution is -0.116. The number of halogens is 1. The lowest BCUT2D eigenvalue weighted by Gasteiger charge is -2.12. The number of nitrogens with zero attached hydrogens (tertiary/aromatic N) is 2. The van der Waals surface area contributed by atoms with Crippen LogP contribution in [-0.2, 0) is 11.2 Å². The number of carbonyl (C=O) groups is 1. The highest BCUT2D eigenvalue weighted by Crippen LogP contribution is 2.32. The molecule has 5 nitrogen and oxygen atoms in total. The van der Waals surface area contributed by atoms with Crippen molar-refractivity contribution in [3.05, 3.63) is 101 Å². The summed E-state index contributed by atoms with van der Waals surface area (Å²) >= 11 is 0. The van der Waals surface area contributed by atoms with Crippen molar-refractivity contribution < 1.29 is 13.9 Å². The summed E-state index contributed by atoms with van der Waals surface area (Å²) in [5.41, 5.74) is 5.21. The van der Waals surface area contributed by atoms with Gasteiger partial charge in [-0.15, -0.1) is 0 Å². The van der Waals surface area contributed by atoms with Gasteiger partial charge in [-0.2, -0.15) is 5.10 Å². The molecule has 0 saturated heterocycles. The Bertz CT molecular complexity index is 1280. The molecule has 33 heavy (non-hydrogen) atoms. The lowest BCUT2D eigenvalue weighted by Crippen LogP contribution is -2.12. The maximum Gasteiger partial charge on any atom is 0.226 e. The first-order chi connectivity index (χ1) is 15.9. The molecule has 1 heterocycles. The van der Waals surface area contributed by atoms with E-state index >= 15 is 0 Å². The van der Waals surface area contributed by atoms with Crippen LogP contribution in [0.15, 0.2) is 72.8 Å². The number of aromatic nitrogens is 2. The van der Waals surface area contributed by atoms with Crippen LogP contribution >= 0.6 is 0 Å². The monoisotopic (exact) mass is 443 g/mol. The predicted octanol–water partition coefficient (Wildman–Crippen LogP) is 6.30. The first kappa shape index (κ1) is 22.3. The van der Waals surface area contributed by atoms with Gasteiger partial charge in [0.1, 0.15) is 11.6 Å². The molecule has 0 aliphatic rings. The van der Waals surface area contributed by atoms with Crippen molar-refractivity contribution in [2.24, 2.45) is 0 Å². The van der Waals surface area contributed by atoms with Gasteiger partial charge in [0, 0.05) is 17.7 Å². The molecule has 0 radical (unpaired) electrons. The number of amides is 1. The molecule has 0 aliphatic heterocycles. The fourth-order valence-electron chi connectivity index (χ4n) is 3.61. The topological polar surface area (TPSA) is 56.1 Å². The van der Waals surface area contributed by atoms with Crippen molar-refractivity contribution in [2.45, 2.75) is 33.6 Å². The minimum absolute atomic E-state index is 0.204. The van der Waals surface area contributed by atoms with Gasteiger partial charge in [0.25, 0.3) is 0 Å². The van der Waals surface area contributed by atoms with Crippen LogP contribution in [0.2, 0.25) is 0 Å². The minimum Gasteiger partial charge on any atom is -0.439 e. The molecule has 168 valence electrons. The molecule has 6 heteroatoms. The zero-order chi connectivity index (χ0) is 23.4. The van der Waals surface area contributed by atoms with Crippen molar-refractivity contribution in [1.82, 2.24) is 9.78 Å². The summed E-state index contributed by atoms with van der Waals surface area (Å²) in [4.78, 5) is 12.5. The van der Waals surface area contributed by atoms with E-state index in [1.54, 1.807) is 16.8 Å². The van der Waals surface area contributed by atoms with Crippen LogP contribution in [0.3, 0.4) is 0 Å². The SMILES string of the molecule is Cc1ccc(Oc2c(CCC(=O)Nc3cccc(F)c3)c(C)nn2-c2cccc(C)c2)cc1. The third-order valence-electron chi connectivity index (χ3n) is 5.33. The highest BCUT2D eigenvalue weighted by molar-refractivity contribution is 5.90. The van der Waals surface area contributed by atoms with Crippen LogP contribution in [0, 0.1) is 26.6 Å². The second-order valence-electron chi connectivity index (χ2n) is 8.09. The average Bonchev–Trinajstić information content (AvgIpc) is 3.09. The van der Waals surface area contributed by atoms with Gasteiger partial charge in [-0.3, -0.25) is 4.79 Å². The zero-order valence-corrected chi connectivity index (χ0v) is 18.9. The van der Waals surface area contributed by atoms with Crippen LogP contribution in [-0.4, -0.2) is 15.7 Å². The van der Waals surface area contributed by atoms with Gasteiger partial charge in [0.15, 0.2) is 0 Å². The quantitative estimate of drug-likeness (QED) is 0.365. The van der Waals surface area contributed by atoms with E-state index in [-0.39, 0.29) is 12.3 Å². The first-order valence-corrected chi connectivity index (χ1v) is 10.8. The molecule has 0 spiro atoms. The van der Waals surface area contributed by atoms with E-state index in [0.717, 1.165) is 28.1 Å². The van der Waals surface area contributed by atoms with Crippen molar-refractivity contribution in [1.29, 1.82) is 0 Å². The average molecular weight is 444 g/mol. The molecule has 1 amide bonds. The Balaban J connectivity index is 1.62.